The molecule has 1 aromatic rings. The monoisotopic (exact) mass is 512 g/mol. The number of β-lactam (4-membered cyclic amide) rings is 1. The summed E-state index contributed by atoms with van der Waals surface area (Å²) in [6.45, 7) is 3.22. The third-order valence-electron chi connectivity index (χ3n) is 4.73. The number of hydrogen-bond donors (Lipinski definition) is 4. The third-order valence-corrected chi connectivity index (χ3v) is 6.07. The van der Waals surface area contributed by atoms with Crippen LogP contribution in [-0.4, -0.2) is 90.1 Å². The molecule has 0 saturated carbocycles. The quantitative estimate of drug-likeness (QED) is 0.128. The Kier molecular flexibility index (Phi) is 6.99. The largest absolute Gasteiger partial charge is 0.478 e. The lowest BCUT2D eigenvalue weighted by molar-refractivity contribution is -0.161. The molecule has 1 fully saturated rings. The summed E-state index contributed by atoms with van der Waals surface area (Å²) in [6.07, 6.45) is 0. The number of carboxylic acid groups (broad SMARTS) is 2. The number of nitrogen functional groups attached to an aromatic ring is 1. The third kappa shape index (κ3) is 5.18. The molecule has 1 saturated heterocycles. The molecule has 16 nitrogen and oxygen atoms in total. The lowest BCUT2D eigenvalue weighted by Crippen LogP contribution is -2.71. The van der Waals surface area contributed by atoms with E-state index >= 15 is 0 Å². The van der Waals surface area contributed by atoms with E-state index in [9.17, 15) is 34.2 Å². The second-order valence-electron chi connectivity index (χ2n) is 7.70. The molecule has 1 unspecified atom stereocenters. The number of thioether (sulfide) groups is 1. The number of hydrogen-bond acceptors (Lipinski definition) is 13. The zero-order chi connectivity index (χ0) is 26.1. The number of fused-ring (bicyclic) bond motifs is 1. The number of amides is 2. The summed E-state index contributed by atoms with van der Waals surface area (Å²) < 4.78 is 9.48. The number of carboxylic acids is 2. The van der Waals surface area contributed by atoms with Gasteiger partial charge >= 0.3 is 23.9 Å². The van der Waals surface area contributed by atoms with E-state index in [4.69, 9.17) is 15.3 Å². The number of rotatable bonds is 9. The highest BCUT2D eigenvalue weighted by molar-refractivity contribution is 8.00. The van der Waals surface area contributed by atoms with Gasteiger partial charge in [0.2, 0.25) is 17.1 Å². The van der Waals surface area contributed by atoms with E-state index in [1.165, 1.54) is 13.8 Å². The lowest BCUT2D eigenvalue weighted by Gasteiger charge is -2.49. The first-order valence-electron chi connectivity index (χ1n) is 9.76. The van der Waals surface area contributed by atoms with Gasteiger partial charge in [-0.3, -0.25) is 19.3 Å². The maximum atomic E-state index is 12.9. The summed E-state index contributed by atoms with van der Waals surface area (Å²) in [5.74, 6) is -5.48. The van der Waals surface area contributed by atoms with E-state index in [1.54, 1.807) is 0 Å². The Labute approximate surface area is 200 Å². The normalized spacial score (nSPS) is 20.0. The van der Waals surface area contributed by atoms with Crippen molar-refractivity contribution in [2.24, 2.45) is 5.16 Å². The minimum absolute atomic E-state index is 0.119. The van der Waals surface area contributed by atoms with Crippen molar-refractivity contribution in [3.05, 3.63) is 17.1 Å². The van der Waals surface area contributed by atoms with Crippen molar-refractivity contribution in [1.29, 1.82) is 0 Å². The van der Waals surface area contributed by atoms with Gasteiger partial charge in [-0.05, 0) is 13.8 Å². The first-order chi connectivity index (χ1) is 16.3. The van der Waals surface area contributed by atoms with Crippen molar-refractivity contribution in [1.82, 2.24) is 20.4 Å². The molecule has 2 amide bonds. The number of nitrogens with one attached hydrogen (secondary N) is 1. The van der Waals surface area contributed by atoms with Gasteiger partial charge in [0.05, 0.1) is 0 Å². The molecular weight excluding hydrogens is 492 g/mol. The van der Waals surface area contributed by atoms with Crippen molar-refractivity contribution in [2.75, 3.05) is 18.1 Å². The first-order valence-corrected chi connectivity index (χ1v) is 10.8. The van der Waals surface area contributed by atoms with Crippen LogP contribution >= 0.6 is 11.8 Å². The molecule has 3 rings (SSSR count). The topological polar surface area (TPSA) is 237 Å². The number of carbonyl (C=O) groups is 5. The SMILES string of the molecule is CC(=O)OCC1=C(C(=O)O)N2C(=O)C(NC(=O)/C(=N\OC(C)(C)C(=O)O)c3noc(N)n3)[C@H]2SC1. The number of nitrogens with two attached hydrogens (primary N) is 1. The second kappa shape index (κ2) is 9.61. The van der Waals surface area contributed by atoms with Gasteiger partial charge in [0.1, 0.15) is 23.7 Å². The zero-order valence-electron chi connectivity index (χ0n) is 18.5. The fraction of sp³-hybridized carbons (Fsp3) is 0.444. The smallest absolute Gasteiger partial charge is 0.352 e. The highest BCUT2D eigenvalue weighted by atomic mass is 32.2. The van der Waals surface area contributed by atoms with E-state index < -0.39 is 64.3 Å². The Morgan fingerprint density at radius 3 is 2.57 bits per heavy atom. The molecule has 2 aliphatic rings. The summed E-state index contributed by atoms with van der Waals surface area (Å²) in [5.41, 5.74) is 2.80. The standard InChI is InChI=1S/C18H20N6O10S/c1-6(25)32-4-7-5-35-14-9(13(27)24(14)10(7)15(28)29)20-12(26)8(11-21-17(19)33-23-11)22-34-18(2,3)16(30)31/h9,14H,4-5H2,1-3H3,(H,20,26)(H,28,29)(H,30,31)(H2,19,21,23)/b22-8-/t9?,14-/m1/s1. The van der Waals surface area contributed by atoms with Crippen molar-refractivity contribution in [3.8, 4) is 0 Å². The Morgan fingerprint density at radius 2 is 2.03 bits per heavy atom. The first kappa shape index (κ1) is 25.5. The molecule has 17 heteroatoms. The van der Waals surface area contributed by atoms with Crippen molar-refractivity contribution < 1.29 is 48.3 Å². The Bertz CT molecular complexity index is 1160. The molecular formula is C18H20N6O10S. The van der Waals surface area contributed by atoms with Gasteiger partial charge in [-0.2, -0.15) is 4.98 Å². The van der Waals surface area contributed by atoms with Crippen LogP contribution in [0, 0.1) is 0 Å². The van der Waals surface area contributed by atoms with E-state index in [0.29, 0.717) is 0 Å². The summed E-state index contributed by atoms with van der Waals surface area (Å²) >= 11 is 1.14. The van der Waals surface area contributed by atoms with E-state index in [1.807, 2.05) is 0 Å². The molecule has 2 atom stereocenters. The molecule has 0 aliphatic carbocycles. The molecule has 2 aliphatic heterocycles. The molecule has 1 aromatic heterocycles. The van der Waals surface area contributed by atoms with Gasteiger partial charge in [0.15, 0.2) is 0 Å². The van der Waals surface area contributed by atoms with Gasteiger partial charge in [-0.25, -0.2) is 9.59 Å². The number of oxime groups is 1. The maximum absolute atomic E-state index is 12.9. The number of ether oxygens (including phenoxy) is 1. The van der Waals surface area contributed by atoms with Crippen molar-refractivity contribution in [2.45, 2.75) is 37.8 Å². The molecule has 5 N–H and O–H groups in total. The number of anilines is 1. The summed E-state index contributed by atoms with van der Waals surface area (Å²) in [6, 6.07) is -1.58. The van der Waals surface area contributed by atoms with E-state index in [0.717, 1.165) is 23.6 Å². The molecule has 0 bridgehead atoms. The van der Waals surface area contributed by atoms with Crippen LogP contribution in [0.2, 0.25) is 0 Å². The van der Waals surface area contributed by atoms with Gasteiger partial charge in [-0.15, -0.1) is 11.8 Å². The average Bonchev–Trinajstić information content (AvgIpc) is 3.20. The summed E-state index contributed by atoms with van der Waals surface area (Å²) in [7, 11) is 0. The van der Waals surface area contributed by atoms with Crippen molar-refractivity contribution >= 4 is 53.2 Å². The Morgan fingerprint density at radius 1 is 1.34 bits per heavy atom. The van der Waals surface area contributed by atoms with Gasteiger partial charge in [0, 0.05) is 18.2 Å². The predicted octanol–water partition coefficient (Wildman–Crippen LogP) is -1.46. The van der Waals surface area contributed by atoms with Crippen LogP contribution < -0.4 is 11.1 Å². The Hall–Kier alpha value is -4.15. The average molecular weight is 512 g/mol. The highest BCUT2D eigenvalue weighted by Gasteiger charge is 2.54. The molecule has 0 radical (unpaired) electrons. The minimum Gasteiger partial charge on any atom is -0.478 e. The van der Waals surface area contributed by atoms with E-state index in [2.05, 4.69) is 25.1 Å². The number of aliphatic carboxylic acids is 2. The molecule has 0 aromatic carbocycles. The van der Waals surface area contributed by atoms with Crippen LogP contribution in [0.15, 0.2) is 20.9 Å². The minimum atomic E-state index is -1.83. The fourth-order valence-corrected chi connectivity index (χ4v) is 4.23. The number of carbonyl (C=O) groups excluding carboxylic acids is 3. The van der Waals surface area contributed by atoms with Crippen LogP contribution in [0.4, 0.5) is 6.01 Å². The van der Waals surface area contributed by atoms with Crippen LogP contribution in [0.5, 0.6) is 0 Å². The number of aromatic nitrogens is 2. The molecule has 188 valence electrons. The number of nitrogens with zero attached hydrogens (tertiary/aromatic N) is 4. The van der Waals surface area contributed by atoms with Crippen molar-refractivity contribution in [3.63, 3.8) is 0 Å². The van der Waals surface area contributed by atoms with Gasteiger partial charge in [-0.1, -0.05) is 10.3 Å². The van der Waals surface area contributed by atoms with Crippen LogP contribution in [-0.2, 0) is 33.5 Å². The Balaban J connectivity index is 1.82. The van der Waals surface area contributed by atoms with Gasteiger partial charge < -0.3 is 35.4 Å². The van der Waals surface area contributed by atoms with Crippen LogP contribution in [0.1, 0.15) is 26.6 Å². The molecule has 35 heavy (non-hydrogen) atoms. The zero-order valence-corrected chi connectivity index (χ0v) is 19.3. The lowest BCUT2D eigenvalue weighted by atomic mass is 10.0. The molecule has 3 heterocycles. The summed E-state index contributed by atoms with van der Waals surface area (Å²) in [5, 5.41) is 27.4. The summed E-state index contributed by atoms with van der Waals surface area (Å²) in [4.78, 5) is 69.4. The van der Waals surface area contributed by atoms with Crippen LogP contribution in [0.25, 0.3) is 0 Å². The number of esters is 1. The maximum Gasteiger partial charge on any atom is 0.352 e. The van der Waals surface area contributed by atoms with Crippen LogP contribution in [0.3, 0.4) is 0 Å². The van der Waals surface area contributed by atoms with Gasteiger partial charge in [0.25, 0.3) is 11.8 Å². The predicted molar refractivity (Wildman–Crippen MR) is 114 cm³/mol. The second-order valence-corrected chi connectivity index (χ2v) is 8.81. The molecule has 0 spiro atoms. The highest BCUT2D eigenvalue weighted by Crippen LogP contribution is 2.40. The van der Waals surface area contributed by atoms with E-state index in [-0.39, 0.29) is 23.6 Å². The fourth-order valence-electron chi connectivity index (χ4n) is 2.91.